The van der Waals surface area contributed by atoms with E-state index in [2.05, 4.69) is 0 Å². The molecule has 4 heteroatoms. The maximum absolute atomic E-state index is 13.3. The van der Waals surface area contributed by atoms with Gasteiger partial charge in [0.1, 0.15) is 5.75 Å². The van der Waals surface area contributed by atoms with Crippen molar-refractivity contribution < 1.29 is 14.2 Å². The van der Waals surface area contributed by atoms with Crippen molar-refractivity contribution in [2.75, 3.05) is 7.11 Å². The molecular weight excluding hydrogens is 185 g/mol. The number of nitrogens with two attached hydrogens (primary N) is 1. The predicted octanol–water partition coefficient (Wildman–Crippen LogP) is 1.43. The number of hydrogen-bond acceptors (Lipinski definition) is 3. The van der Waals surface area contributed by atoms with Crippen molar-refractivity contribution in [1.82, 2.24) is 0 Å². The molecule has 0 heterocycles. The first-order chi connectivity index (χ1) is 6.54. The van der Waals surface area contributed by atoms with E-state index in [0.29, 0.717) is 17.7 Å². The van der Waals surface area contributed by atoms with Crippen LogP contribution in [0.15, 0.2) is 12.1 Å². The molecule has 3 N–H and O–H groups in total. The molecule has 1 rings (SSSR count). The van der Waals surface area contributed by atoms with Crippen LogP contribution < -0.4 is 10.5 Å². The van der Waals surface area contributed by atoms with Crippen LogP contribution in [0.4, 0.5) is 4.39 Å². The fraction of sp³-hybridized carbons (Fsp3) is 0.400. The second-order valence-corrected chi connectivity index (χ2v) is 3.30. The highest BCUT2D eigenvalue weighted by atomic mass is 19.1. The summed E-state index contributed by atoms with van der Waals surface area (Å²) in [6.07, 6.45) is 0.372. The molecule has 0 aliphatic rings. The minimum atomic E-state index is -0.622. The van der Waals surface area contributed by atoms with Crippen LogP contribution in [-0.2, 0) is 6.42 Å². The highest BCUT2D eigenvalue weighted by Crippen LogP contribution is 2.26. The monoisotopic (exact) mass is 199 g/mol. The molecule has 0 radical (unpaired) electrons. The minimum absolute atomic E-state index is 0.156. The van der Waals surface area contributed by atoms with E-state index in [0.717, 1.165) is 0 Å². The number of methoxy groups -OCH3 is 1. The van der Waals surface area contributed by atoms with Gasteiger partial charge in [0.25, 0.3) is 0 Å². The number of rotatable bonds is 3. The largest absolute Gasteiger partial charge is 0.505 e. The standard InChI is InChI=1S/C10H14FNO2/c1-6(12)3-7-4-8(14-2)5-9(13)10(7)11/h4-6,13H,3,12H2,1-2H3. The molecule has 3 nitrogen and oxygen atoms in total. The normalized spacial score (nSPS) is 12.6. The van der Waals surface area contributed by atoms with Gasteiger partial charge in [0, 0.05) is 12.1 Å². The first kappa shape index (κ1) is 10.8. The van der Waals surface area contributed by atoms with Gasteiger partial charge in [0.2, 0.25) is 0 Å². The molecule has 0 fully saturated rings. The smallest absolute Gasteiger partial charge is 0.168 e. The second kappa shape index (κ2) is 4.28. The molecule has 0 aliphatic carbocycles. The molecule has 78 valence electrons. The fourth-order valence-electron chi connectivity index (χ4n) is 1.25. The lowest BCUT2D eigenvalue weighted by Gasteiger charge is -2.09. The summed E-state index contributed by atoms with van der Waals surface area (Å²) >= 11 is 0. The Bertz CT molecular complexity index is 326. The quantitative estimate of drug-likeness (QED) is 0.774. The second-order valence-electron chi connectivity index (χ2n) is 3.30. The third kappa shape index (κ3) is 2.35. The Morgan fingerprint density at radius 1 is 1.57 bits per heavy atom. The Morgan fingerprint density at radius 3 is 2.71 bits per heavy atom. The number of ether oxygens (including phenoxy) is 1. The first-order valence-corrected chi connectivity index (χ1v) is 4.35. The average molecular weight is 199 g/mol. The number of phenols is 1. The van der Waals surface area contributed by atoms with Crippen molar-refractivity contribution in [3.63, 3.8) is 0 Å². The van der Waals surface area contributed by atoms with Crippen LogP contribution in [0.3, 0.4) is 0 Å². The summed E-state index contributed by atoms with van der Waals surface area (Å²) in [7, 11) is 1.46. The summed E-state index contributed by atoms with van der Waals surface area (Å²) in [6, 6.07) is 2.62. The number of phenolic OH excluding ortho intramolecular Hbond substituents is 1. The summed E-state index contributed by atoms with van der Waals surface area (Å²) < 4.78 is 18.2. The van der Waals surface area contributed by atoms with Crippen molar-refractivity contribution in [2.45, 2.75) is 19.4 Å². The van der Waals surface area contributed by atoms with E-state index in [9.17, 15) is 9.50 Å². The highest BCUT2D eigenvalue weighted by Gasteiger charge is 2.11. The van der Waals surface area contributed by atoms with Gasteiger partial charge in [-0.25, -0.2) is 4.39 Å². The Balaban J connectivity index is 3.07. The molecule has 1 atom stereocenters. The van der Waals surface area contributed by atoms with Crippen LogP contribution in [-0.4, -0.2) is 18.3 Å². The van der Waals surface area contributed by atoms with Crippen molar-refractivity contribution in [3.8, 4) is 11.5 Å². The van der Waals surface area contributed by atoms with E-state index in [4.69, 9.17) is 10.5 Å². The number of halogens is 1. The molecule has 0 saturated carbocycles. The SMILES string of the molecule is COc1cc(O)c(F)c(CC(C)N)c1. The van der Waals surface area contributed by atoms with E-state index in [1.165, 1.54) is 13.2 Å². The zero-order valence-electron chi connectivity index (χ0n) is 8.25. The van der Waals surface area contributed by atoms with Gasteiger partial charge in [-0.3, -0.25) is 0 Å². The van der Waals surface area contributed by atoms with Gasteiger partial charge in [0.15, 0.2) is 11.6 Å². The third-order valence-electron chi connectivity index (χ3n) is 1.88. The number of hydrogen-bond donors (Lipinski definition) is 2. The lowest BCUT2D eigenvalue weighted by Crippen LogP contribution is -2.18. The van der Waals surface area contributed by atoms with Gasteiger partial charge < -0.3 is 15.6 Å². The maximum Gasteiger partial charge on any atom is 0.168 e. The molecule has 0 saturated heterocycles. The highest BCUT2D eigenvalue weighted by molar-refractivity contribution is 5.39. The minimum Gasteiger partial charge on any atom is -0.505 e. The van der Waals surface area contributed by atoms with Gasteiger partial charge in [-0.15, -0.1) is 0 Å². The molecule has 1 unspecified atom stereocenters. The van der Waals surface area contributed by atoms with Crippen LogP contribution in [0, 0.1) is 5.82 Å². The van der Waals surface area contributed by atoms with Gasteiger partial charge in [-0.2, -0.15) is 0 Å². The summed E-state index contributed by atoms with van der Waals surface area (Å²) in [4.78, 5) is 0. The Labute approximate surface area is 82.3 Å². The molecule has 1 aromatic carbocycles. The lowest BCUT2D eigenvalue weighted by atomic mass is 10.1. The molecule has 0 aromatic heterocycles. The summed E-state index contributed by atoms with van der Waals surface area (Å²) in [5.74, 6) is -0.595. The topological polar surface area (TPSA) is 55.5 Å². The van der Waals surface area contributed by atoms with Crippen molar-refractivity contribution in [3.05, 3.63) is 23.5 Å². The lowest BCUT2D eigenvalue weighted by molar-refractivity contribution is 0.393. The van der Waals surface area contributed by atoms with E-state index < -0.39 is 11.6 Å². The van der Waals surface area contributed by atoms with Crippen LogP contribution >= 0.6 is 0 Å². The Kier molecular flexibility index (Phi) is 3.30. The van der Waals surface area contributed by atoms with Crippen molar-refractivity contribution >= 4 is 0 Å². The zero-order valence-corrected chi connectivity index (χ0v) is 8.25. The van der Waals surface area contributed by atoms with E-state index >= 15 is 0 Å². The average Bonchev–Trinajstić information content (AvgIpc) is 2.11. The van der Waals surface area contributed by atoms with Crippen LogP contribution in [0.25, 0.3) is 0 Å². The molecule has 0 aliphatic heterocycles. The van der Waals surface area contributed by atoms with Crippen LogP contribution in [0.5, 0.6) is 11.5 Å². The van der Waals surface area contributed by atoms with Crippen LogP contribution in [0.1, 0.15) is 12.5 Å². The third-order valence-corrected chi connectivity index (χ3v) is 1.88. The fourth-order valence-corrected chi connectivity index (χ4v) is 1.25. The first-order valence-electron chi connectivity index (χ1n) is 4.35. The van der Waals surface area contributed by atoms with Gasteiger partial charge in [-0.05, 0) is 25.0 Å². The van der Waals surface area contributed by atoms with Gasteiger partial charge in [-0.1, -0.05) is 0 Å². The molecule has 0 spiro atoms. The Hall–Kier alpha value is -1.29. The number of aromatic hydroxyl groups is 1. The van der Waals surface area contributed by atoms with Gasteiger partial charge >= 0.3 is 0 Å². The number of benzene rings is 1. The van der Waals surface area contributed by atoms with Gasteiger partial charge in [0.05, 0.1) is 7.11 Å². The summed E-state index contributed by atoms with van der Waals surface area (Å²) in [5.41, 5.74) is 5.92. The van der Waals surface area contributed by atoms with E-state index in [1.807, 2.05) is 0 Å². The maximum atomic E-state index is 13.3. The molecule has 0 amide bonds. The van der Waals surface area contributed by atoms with Crippen molar-refractivity contribution in [2.24, 2.45) is 5.73 Å². The van der Waals surface area contributed by atoms with E-state index in [1.54, 1.807) is 13.0 Å². The Morgan fingerprint density at radius 2 is 2.21 bits per heavy atom. The van der Waals surface area contributed by atoms with E-state index in [-0.39, 0.29) is 6.04 Å². The zero-order chi connectivity index (χ0) is 10.7. The molecule has 14 heavy (non-hydrogen) atoms. The molecule has 0 bridgehead atoms. The van der Waals surface area contributed by atoms with Crippen LogP contribution in [0.2, 0.25) is 0 Å². The summed E-state index contributed by atoms with van der Waals surface area (Å²) in [5, 5.41) is 9.23. The molecular formula is C10H14FNO2. The molecule has 1 aromatic rings. The summed E-state index contributed by atoms with van der Waals surface area (Å²) in [6.45, 7) is 1.77. The predicted molar refractivity (Wildman–Crippen MR) is 52.0 cm³/mol. The van der Waals surface area contributed by atoms with Crippen molar-refractivity contribution in [1.29, 1.82) is 0 Å².